The van der Waals surface area contributed by atoms with E-state index in [-0.39, 0.29) is 0 Å². The SMILES string of the molecule is CC(C)CCN(CCC(C)C)CCN1CCC(N)CC1. The maximum absolute atomic E-state index is 5.98. The number of likely N-dealkylation sites (tertiary alicyclic amines) is 1. The zero-order valence-electron chi connectivity index (χ0n) is 14.3. The van der Waals surface area contributed by atoms with Gasteiger partial charge in [0.05, 0.1) is 0 Å². The van der Waals surface area contributed by atoms with Crippen molar-refractivity contribution in [3.05, 3.63) is 0 Å². The van der Waals surface area contributed by atoms with Crippen LogP contribution in [0.15, 0.2) is 0 Å². The Bertz CT molecular complexity index is 220. The maximum atomic E-state index is 5.98. The van der Waals surface area contributed by atoms with Crippen LogP contribution in [0.3, 0.4) is 0 Å². The van der Waals surface area contributed by atoms with Crippen molar-refractivity contribution in [1.82, 2.24) is 9.80 Å². The standard InChI is InChI=1S/C17H37N3/c1-15(2)5-9-19(10-6-16(3)4)13-14-20-11-7-17(18)8-12-20/h15-17H,5-14,18H2,1-4H3. The zero-order valence-corrected chi connectivity index (χ0v) is 14.3. The van der Waals surface area contributed by atoms with Gasteiger partial charge in [-0.25, -0.2) is 0 Å². The Morgan fingerprint density at radius 3 is 1.90 bits per heavy atom. The first-order valence-electron chi connectivity index (χ1n) is 8.67. The summed E-state index contributed by atoms with van der Waals surface area (Å²) in [4.78, 5) is 5.27. The minimum atomic E-state index is 0.448. The molecule has 0 unspecified atom stereocenters. The third-order valence-corrected chi connectivity index (χ3v) is 4.41. The molecule has 0 bridgehead atoms. The van der Waals surface area contributed by atoms with E-state index in [9.17, 15) is 0 Å². The van der Waals surface area contributed by atoms with Crippen LogP contribution in [-0.2, 0) is 0 Å². The Morgan fingerprint density at radius 2 is 1.45 bits per heavy atom. The van der Waals surface area contributed by atoms with Gasteiger partial charge in [0.25, 0.3) is 0 Å². The molecule has 3 heteroatoms. The Labute approximate surface area is 126 Å². The van der Waals surface area contributed by atoms with Gasteiger partial charge >= 0.3 is 0 Å². The summed E-state index contributed by atoms with van der Waals surface area (Å²) in [5.74, 6) is 1.62. The molecule has 0 saturated carbocycles. The van der Waals surface area contributed by atoms with Gasteiger partial charge in [0.15, 0.2) is 0 Å². The van der Waals surface area contributed by atoms with Crippen LogP contribution in [-0.4, -0.2) is 55.1 Å². The Kier molecular flexibility index (Phi) is 8.74. The van der Waals surface area contributed by atoms with E-state index >= 15 is 0 Å². The minimum absolute atomic E-state index is 0.448. The number of hydrogen-bond acceptors (Lipinski definition) is 3. The molecule has 0 atom stereocenters. The molecule has 3 nitrogen and oxygen atoms in total. The van der Waals surface area contributed by atoms with Crippen LogP contribution in [0.4, 0.5) is 0 Å². The van der Waals surface area contributed by atoms with Crippen molar-refractivity contribution < 1.29 is 0 Å². The molecule has 1 rings (SSSR count). The average molecular weight is 284 g/mol. The van der Waals surface area contributed by atoms with Crippen molar-refractivity contribution in [1.29, 1.82) is 0 Å². The largest absolute Gasteiger partial charge is 0.328 e. The van der Waals surface area contributed by atoms with Crippen LogP contribution < -0.4 is 5.73 Å². The minimum Gasteiger partial charge on any atom is -0.328 e. The zero-order chi connectivity index (χ0) is 15.0. The summed E-state index contributed by atoms with van der Waals surface area (Å²) in [6, 6.07) is 0.448. The lowest BCUT2D eigenvalue weighted by atomic mass is 10.1. The van der Waals surface area contributed by atoms with E-state index in [1.807, 2.05) is 0 Å². The second-order valence-electron chi connectivity index (χ2n) is 7.39. The molecule has 1 aliphatic heterocycles. The Hall–Kier alpha value is -0.120. The molecule has 2 N–H and O–H groups in total. The molecule has 1 heterocycles. The van der Waals surface area contributed by atoms with Gasteiger partial charge in [0.1, 0.15) is 0 Å². The van der Waals surface area contributed by atoms with E-state index in [0.29, 0.717) is 6.04 Å². The van der Waals surface area contributed by atoms with Crippen molar-refractivity contribution in [3.63, 3.8) is 0 Å². The summed E-state index contributed by atoms with van der Waals surface area (Å²) in [5, 5.41) is 0. The molecule has 0 aromatic heterocycles. The summed E-state index contributed by atoms with van der Waals surface area (Å²) >= 11 is 0. The predicted molar refractivity (Wildman–Crippen MR) is 89.0 cm³/mol. The van der Waals surface area contributed by atoms with Crippen molar-refractivity contribution in [2.75, 3.05) is 39.3 Å². The van der Waals surface area contributed by atoms with E-state index in [0.717, 1.165) is 11.8 Å². The van der Waals surface area contributed by atoms with Gasteiger partial charge < -0.3 is 15.5 Å². The molecular formula is C17H37N3. The molecule has 0 amide bonds. The van der Waals surface area contributed by atoms with E-state index in [2.05, 4.69) is 37.5 Å². The molecule has 20 heavy (non-hydrogen) atoms. The molecule has 0 radical (unpaired) electrons. The van der Waals surface area contributed by atoms with Crippen molar-refractivity contribution in [3.8, 4) is 0 Å². The average Bonchev–Trinajstić information content (AvgIpc) is 2.39. The molecule has 0 aliphatic carbocycles. The third kappa shape index (κ3) is 8.23. The highest BCUT2D eigenvalue weighted by atomic mass is 15.2. The number of piperidine rings is 1. The van der Waals surface area contributed by atoms with E-state index < -0.39 is 0 Å². The fourth-order valence-electron chi connectivity index (χ4n) is 2.68. The van der Waals surface area contributed by atoms with Gasteiger partial charge in [0, 0.05) is 19.1 Å². The number of hydrogen-bond donors (Lipinski definition) is 1. The second-order valence-corrected chi connectivity index (χ2v) is 7.39. The molecule has 1 fully saturated rings. The van der Waals surface area contributed by atoms with E-state index in [4.69, 9.17) is 5.73 Å². The highest BCUT2D eigenvalue weighted by molar-refractivity contribution is 4.75. The van der Waals surface area contributed by atoms with E-state index in [1.54, 1.807) is 0 Å². The van der Waals surface area contributed by atoms with Gasteiger partial charge in [-0.2, -0.15) is 0 Å². The smallest absolute Gasteiger partial charge is 0.0109 e. The van der Waals surface area contributed by atoms with Crippen LogP contribution in [0.2, 0.25) is 0 Å². The highest BCUT2D eigenvalue weighted by Gasteiger charge is 2.16. The van der Waals surface area contributed by atoms with Crippen LogP contribution in [0.1, 0.15) is 53.4 Å². The van der Waals surface area contributed by atoms with Crippen LogP contribution in [0.5, 0.6) is 0 Å². The van der Waals surface area contributed by atoms with Crippen molar-refractivity contribution >= 4 is 0 Å². The predicted octanol–water partition coefficient (Wildman–Crippen LogP) is 2.80. The van der Waals surface area contributed by atoms with Gasteiger partial charge in [-0.1, -0.05) is 27.7 Å². The van der Waals surface area contributed by atoms with Crippen molar-refractivity contribution in [2.45, 2.75) is 59.4 Å². The molecular weight excluding hydrogens is 246 g/mol. The quantitative estimate of drug-likeness (QED) is 0.706. The first-order valence-corrected chi connectivity index (χ1v) is 8.67. The van der Waals surface area contributed by atoms with Crippen LogP contribution in [0, 0.1) is 11.8 Å². The van der Waals surface area contributed by atoms with Crippen LogP contribution in [0.25, 0.3) is 0 Å². The topological polar surface area (TPSA) is 32.5 Å². The Morgan fingerprint density at radius 1 is 0.950 bits per heavy atom. The third-order valence-electron chi connectivity index (χ3n) is 4.41. The maximum Gasteiger partial charge on any atom is 0.0109 e. The lowest BCUT2D eigenvalue weighted by Gasteiger charge is -2.32. The summed E-state index contributed by atoms with van der Waals surface area (Å²) < 4.78 is 0. The molecule has 0 aromatic carbocycles. The summed E-state index contributed by atoms with van der Waals surface area (Å²) in [6.07, 6.45) is 5.00. The lowest BCUT2D eigenvalue weighted by molar-refractivity contribution is 0.166. The molecule has 1 aliphatic rings. The number of rotatable bonds is 9. The fraction of sp³-hybridized carbons (Fsp3) is 1.00. The van der Waals surface area contributed by atoms with Gasteiger partial charge in [-0.3, -0.25) is 0 Å². The van der Waals surface area contributed by atoms with Gasteiger partial charge in [0.2, 0.25) is 0 Å². The second kappa shape index (κ2) is 9.75. The fourth-order valence-corrected chi connectivity index (χ4v) is 2.68. The molecule has 120 valence electrons. The lowest BCUT2D eigenvalue weighted by Crippen LogP contribution is -2.43. The number of nitrogens with two attached hydrogens (primary N) is 1. The molecule has 0 spiro atoms. The van der Waals surface area contributed by atoms with E-state index in [1.165, 1.54) is 65.0 Å². The van der Waals surface area contributed by atoms with Crippen molar-refractivity contribution in [2.24, 2.45) is 17.6 Å². The summed E-state index contributed by atoms with van der Waals surface area (Å²) in [6.45, 7) is 16.7. The Balaban J connectivity index is 2.27. The molecule has 1 saturated heterocycles. The summed E-state index contributed by atoms with van der Waals surface area (Å²) in [5.41, 5.74) is 5.98. The first kappa shape index (κ1) is 17.9. The van der Waals surface area contributed by atoms with Crippen LogP contribution >= 0.6 is 0 Å². The molecule has 0 aromatic rings. The monoisotopic (exact) mass is 283 g/mol. The van der Waals surface area contributed by atoms with Gasteiger partial charge in [-0.05, 0) is 63.7 Å². The van der Waals surface area contributed by atoms with Gasteiger partial charge in [-0.15, -0.1) is 0 Å². The highest BCUT2D eigenvalue weighted by Crippen LogP contribution is 2.10. The number of nitrogens with zero attached hydrogens (tertiary/aromatic N) is 2. The normalized spacial score (nSPS) is 18.6. The summed E-state index contributed by atoms with van der Waals surface area (Å²) in [7, 11) is 0. The first-order chi connectivity index (χ1) is 9.47.